The zero-order chi connectivity index (χ0) is 9.68. The second-order valence-electron chi connectivity index (χ2n) is 2.42. The lowest BCUT2D eigenvalue weighted by atomic mass is 10.3. The molecule has 0 unspecified atom stereocenters. The van der Waals surface area contributed by atoms with Gasteiger partial charge in [-0.25, -0.2) is 4.39 Å². The van der Waals surface area contributed by atoms with Crippen molar-refractivity contribution in [1.29, 1.82) is 0 Å². The summed E-state index contributed by atoms with van der Waals surface area (Å²) in [6.45, 7) is 0.904. The van der Waals surface area contributed by atoms with Crippen molar-refractivity contribution in [3.05, 3.63) is 28.5 Å². The van der Waals surface area contributed by atoms with E-state index in [1.807, 2.05) is 0 Å². The summed E-state index contributed by atoms with van der Waals surface area (Å²) in [5, 5.41) is 0. The van der Waals surface area contributed by atoms with Gasteiger partial charge in [-0.2, -0.15) is 0 Å². The van der Waals surface area contributed by atoms with E-state index in [4.69, 9.17) is 9.47 Å². The maximum absolute atomic E-state index is 12.7. The summed E-state index contributed by atoms with van der Waals surface area (Å²) in [5.74, 6) is 0.188. The highest BCUT2D eigenvalue weighted by Gasteiger charge is 2.01. The van der Waals surface area contributed by atoms with Crippen LogP contribution in [0.1, 0.15) is 0 Å². The van der Waals surface area contributed by atoms with Crippen molar-refractivity contribution in [3.63, 3.8) is 0 Å². The van der Waals surface area contributed by atoms with Crippen LogP contribution in [0.2, 0.25) is 0 Å². The molecular weight excluding hydrogens is 239 g/mol. The molecule has 0 spiro atoms. The second-order valence-corrected chi connectivity index (χ2v) is 3.27. The molecule has 0 amide bonds. The molecule has 0 bridgehead atoms. The molecule has 0 aliphatic rings. The van der Waals surface area contributed by atoms with Gasteiger partial charge in [-0.05, 0) is 28.1 Å². The van der Waals surface area contributed by atoms with Crippen LogP contribution >= 0.6 is 15.9 Å². The van der Waals surface area contributed by atoms with Crippen molar-refractivity contribution >= 4 is 15.9 Å². The molecule has 0 N–H and O–H groups in total. The van der Waals surface area contributed by atoms with E-state index in [2.05, 4.69) is 15.9 Å². The van der Waals surface area contributed by atoms with Crippen LogP contribution in [0, 0.1) is 5.82 Å². The summed E-state index contributed by atoms with van der Waals surface area (Å²) in [6, 6.07) is 4.31. The van der Waals surface area contributed by atoms with Crippen molar-refractivity contribution < 1.29 is 13.9 Å². The highest BCUT2D eigenvalue weighted by Crippen LogP contribution is 2.25. The smallest absolute Gasteiger partial charge is 0.136 e. The Balaban J connectivity index is 2.59. The number of ether oxygens (including phenoxy) is 2. The highest BCUT2D eigenvalue weighted by molar-refractivity contribution is 9.10. The van der Waals surface area contributed by atoms with E-state index < -0.39 is 0 Å². The summed E-state index contributed by atoms with van der Waals surface area (Å²) in [5.41, 5.74) is 0. The molecule has 0 radical (unpaired) electrons. The van der Waals surface area contributed by atoms with Crippen LogP contribution in [0.3, 0.4) is 0 Å². The Morgan fingerprint density at radius 1 is 1.38 bits per heavy atom. The normalized spacial score (nSPS) is 10.1. The van der Waals surface area contributed by atoms with Gasteiger partial charge in [-0.3, -0.25) is 0 Å². The van der Waals surface area contributed by atoms with E-state index in [0.29, 0.717) is 19.0 Å². The van der Waals surface area contributed by atoms with E-state index in [9.17, 15) is 4.39 Å². The molecule has 0 fully saturated rings. The SMILES string of the molecule is COCCOc1cc(F)ccc1Br. The Morgan fingerprint density at radius 2 is 2.15 bits per heavy atom. The molecule has 13 heavy (non-hydrogen) atoms. The molecule has 1 aromatic rings. The van der Waals surface area contributed by atoms with E-state index in [1.165, 1.54) is 12.1 Å². The van der Waals surface area contributed by atoms with Gasteiger partial charge in [0.25, 0.3) is 0 Å². The lowest BCUT2D eigenvalue weighted by molar-refractivity contribution is 0.145. The van der Waals surface area contributed by atoms with Gasteiger partial charge in [0.05, 0.1) is 11.1 Å². The Labute approximate surface area is 84.8 Å². The first kappa shape index (κ1) is 10.5. The van der Waals surface area contributed by atoms with Gasteiger partial charge < -0.3 is 9.47 Å². The van der Waals surface area contributed by atoms with Crippen LogP contribution in [-0.2, 0) is 4.74 Å². The first-order valence-electron chi connectivity index (χ1n) is 3.81. The molecular formula is C9H10BrFO2. The third-order valence-corrected chi connectivity index (χ3v) is 2.09. The molecule has 72 valence electrons. The zero-order valence-corrected chi connectivity index (χ0v) is 8.80. The van der Waals surface area contributed by atoms with Crippen LogP contribution in [0.4, 0.5) is 4.39 Å². The van der Waals surface area contributed by atoms with Crippen molar-refractivity contribution in [2.45, 2.75) is 0 Å². The second kappa shape index (κ2) is 5.19. The Morgan fingerprint density at radius 3 is 2.85 bits per heavy atom. The first-order chi connectivity index (χ1) is 6.24. The topological polar surface area (TPSA) is 18.5 Å². The van der Waals surface area contributed by atoms with E-state index >= 15 is 0 Å². The fourth-order valence-corrected chi connectivity index (χ4v) is 1.18. The van der Waals surface area contributed by atoms with Gasteiger partial charge in [-0.1, -0.05) is 0 Å². The van der Waals surface area contributed by atoms with Crippen molar-refractivity contribution in [2.75, 3.05) is 20.3 Å². The van der Waals surface area contributed by atoms with Crippen LogP contribution in [0.25, 0.3) is 0 Å². The minimum atomic E-state index is -0.310. The van der Waals surface area contributed by atoms with Crippen molar-refractivity contribution in [3.8, 4) is 5.75 Å². The molecule has 0 aliphatic heterocycles. The van der Waals surface area contributed by atoms with Gasteiger partial charge in [-0.15, -0.1) is 0 Å². The maximum atomic E-state index is 12.7. The largest absolute Gasteiger partial charge is 0.490 e. The van der Waals surface area contributed by atoms with Gasteiger partial charge in [0.2, 0.25) is 0 Å². The Bertz CT molecular complexity index is 278. The van der Waals surface area contributed by atoms with Gasteiger partial charge in [0.1, 0.15) is 18.2 Å². The Hall–Kier alpha value is -0.610. The first-order valence-corrected chi connectivity index (χ1v) is 4.60. The van der Waals surface area contributed by atoms with Crippen LogP contribution < -0.4 is 4.74 Å². The molecule has 2 nitrogen and oxygen atoms in total. The zero-order valence-electron chi connectivity index (χ0n) is 7.22. The molecule has 4 heteroatoms. The van der Waals surface area contributed by atoms with Crippen LogP contribution in [0.5, 0.6) is 5.75 Å². The summed E-state index contributed by atoms with van der Waals surface area (Å²) in [4.78, 5) is 0. The predicted octanol–water partition coefficient (Wildman–Crippen LogP) is 2.61. The minimum absolute atomic E-state index is 0.310. The van der Waals surface area contributed by atoms with E-state index in [-0.39, 0.29) is 5.82 Å². The fourth-order valence-electron chi connectivity index (χ4n) is 0.823. The summed E-state index contributed by atoms with van der Waals surface area (Å²) < 4.78 is 23.5. The maximum Gasteiger partial charge on any atom is 0.136 e. The third kappa shape index (κ3) is 3.32. The molecule has 1 aromatic carbocycles. The van der Waals surface area contributed by atoms with Gasteiger partial charge in [0, 0.05) is 13.2 Å². The summed E-state index contributed by atoms with van der Waals surface area (Å²) in [7, 11) is 1.59. The van der Waals surface area contributed by atoms with Crippen molar-refractivity contribution in [2.24, 2.45) is 0 Å². The number of hydrogen-bond acceptors (Lipinski definition) is 2. The summed E-state index contributed by atoms with van der Waals surface area (Å²) in [6.07, 6.45) is 0. The molecule has 0 aromatic heterocycles. The number of rotatable bonds is 4. The quantitative estimate of drug-likeness (QED) is 0.763. The molecule has 0 heterocycles. The average Bonchev–Trinajstić information content (AvgIpc) is 2.11. The monoisotopic (exact) mass is 248 g/mol. The number of hydrogen-bond donors (Lipinski definition) is 0. The molecule has 0 aliphatic carbocycles. The molecule has 0 saturated heterocycles. The number of methoxy groups -OCH3 is 1. The Kier molecular flexibility index (Phi) is 4.18. The molecule has 0 atom stereocenters. The minimum Gasteiger partial charge on any atom is -0.490 e. The standard InChI is InChI=1S/C9H10BrFO2/c1-12-4-5-13-9-6-7(11)2-3-8(9)10/h2-3,6H,4-5H2,1H3. The van der Waals surface area contributed by atoms with E-state index in [0.717, 1.165) is 4.47 Å². The summed E-state index contributed by atoms with van der Waals surface area (Å²) >= 11 is 3.25. The predicted molar refractivity (Wildman–Crippen MR) is 51.5 cm³/mol. The third-order valence-electron chi connectivity index (χ3n) is 1.44. The molecule has 0 saturated carbocycles. The lowest BCUT2D eigenvalue weighted by Gasteiger charge is -2.06. The number of halogens is 2. The number of benzene rings is 1. The lowest BCUT2D eigenvalue weighted by Crippen LogP contribution is -2.04. The average molecular weight is 249 g/mol. The molecule has 1 rings (SSSR count). The van der Waals surface area contributed by atoms with Gasteiger partial charge >= 0.3 is 0 Å². The van der Waals surface area contributed by atoms with Gasteiger partial charge in [0.15, 0.2) is 0 Å². The fraction of sp³-hybridized carbons (Fsp3) is 0.333. The van der Waals surface area contributed by atoms with Crippen LogP contribution in [-0.4, -0.2) is 20.3 Å². The van der Waals surface area contributed by atoms with Crippen LogP contribution in [0.15, 0.2) is 22.7 Å². The van der Waals surface area contributed by atoms with Crippen molar-refractivity contribution in [1.82, 2.24) is 0 Å². The highest BCUT2D eigenvalue weighted by atomic mass is 79.9. The van der Waals surface area contributed by atoms with E-state index in [1.54, 1.807) is 13.2 Å².